The van der Waals surface area contributed by atoms with Crippen LogP contribution in [0, 0.1) is 12.8 Å². The summed E-state index contributed by atoms with van der Waals surface area (Å²) >= 11 is 0. The van der Waals surface area contributed by atoms with E-state index in [1.165, 1.54) is 0 Å². The third-order valence-electron chi connectivity index (χ3n) is 7.97. The number of allylic oxidation sites excluding steroid dienone is 1. The number of benzene rings is 1. The van der Waals surface area contributed by atoms with Crippen LogP contribution in [0.1, 0.15) is 36.9 Å². The molecule has 0 spiro atoms. The summed E-state index contributed by atoms with van der Waals surface area (Å²) in [6, 6.07) is 9.45. The highest BCUT2D eigenvalue weighted by Crippen LogP contribution is 2.40. The topological polar surface area (TPSA) is 123 Å². The van der Waals surface area contributed by atoms with Crippen molar-refractivity contribution < 1.29 is 38.3 Å². The molecule has 3 heterocycles. The van der Waals surface area contributed by atoms with Crippen molar-refractivity contribution in [2.45, 2.75) is 38.9 Å². The van der Waals surface area contributed by atoms with E-state index in [0.717, 1.165) is 11.4 Å². The van der Waals surface area contributed by atoms with Gasteiger partial charge in [0.1, 0.15) is 0 Å². The Kier molecular flexibility index (Phi) is 13.5. The van der Waals surface area contributed by atoms with Crippen molar-refractivity contribution in [3.8, 4) is 5.69 Å². The molecule has 2 aromatic rings. The quantitative estimate of drug-likeness (QED) is 0.475. The molecule has 2 aliphatic rings. The minimum Gasteiger partial charge on any atom is -0.459 e. The van der Waals surface area contributed by atoms with Gasteiger partial charge in [-0.3, -0.25) is 14.3 Å². The van der Waals surface area contributed by atoms with E-state index < -0.39 is 12.2 Å². The Morgan fingerprint density at radius 1 is 0.955 bits per heavy atom. The highest BCUT2D eigenvalue weighted by atomic mass is 16.7. The zero-order valence-corrected chi connectivity index (χ0v) is 26.2. The molecular formula is C32H47N3O9. The van der Waals surface area contributed by atoms with Gasteiger partial charge in [0.2, 0.25) is 6.29 Å². The summed E-state index contributed by atoms with van der Waals surface area (Å²) in [6.07, 6.45) is 2.02. The van der Waals surface area contributed by atoms with Gasteiger partial charge in [-0.05, 0) is 44.9 Å². The second kappa shape index (κ2) is 17.5. The Morgan fingerprint density at radius 2 is 1.55 bits per heavy atom. The third kappa shape index (κ3) is 8.58. The molecule has 1 N–H and O–H groups in total. The van der Waals surface area contributed by atoms with Crippen LogP contribution in [0.2, 0.25) is 0 Å². The number of para-hydroxylation sites is 1. The number of amides is 1. The molecule has 0 saturated carbocycles. The third-order valence-corrected chi connectivity index (χ3v) is 7.97. The molecule has 0 bridgehead atoms. The predicted octanol–water partition coefficient (Wildman–Crippen LogP) is 2.14. The molecule has 244 valence electrons. The molecule has 4 rings (SSSR count). The van der Waals surface area contributed by atoms with Crippen LogP contribution in [0.4, 0.5) is 0 Å². The van der Waals surface area contributed by atoms with E-state index in [0.29, 0.717) is 91.0 Å². The molecule has 2 aliphatic heterocycles. The van der Waals surface area contributed by atoms with Crippen molar-refractivity contribution in [2.75, 3.05) is 79.2 Å². The Balaban J connectivity index is 1.69. The molecule has 44 heavy (non-hydrogen) atoms. The van der Waals surface area contributed by atoms with Crippen molar-refractivity contribution in [3.63, 3.8) is 0 Å². The molecule has 1 aromatic carbocycles. The van der Waals surface area contributed by atoms with Gasteiger partial charge in [-0.2, -0.15) is 0 Å². The maximum atomic E-state index is 14.1. The van der Waals surface area contributed by atoms with Crippen LogP contribution in [0.3, 0.4) is 0 Å². The van der Waals surface area contributed by atoms with E-state index in [2.05, 4.69) is 0 Å². The van der Waals surface area contributed by atoms with E-state index in [4.69, 9.17) is 28.4 Å². The lowest BCUT2D eigenvalue weighted by molar-refractivity contribution is -0.171. The first-order chi connectivity index (χ1) is 21.5. The zero-order valence-electron chi connectivity index (χ0n) is 26.2. The number of aromatic nitrogens is 2. The van der Waals surface area contributed by atoms with E-state index in [1.807, 2.05) is 55.9 Å². The molecule has 1 aromatic heterocycles. The van der Waals surface area contributed by atoms with Gasteiger partial charge in [0, 0.05) is 56.4 Å². The monoisotopic (exact) mass is 617 g/mol. The van der Waals surface area contributed by atoms with Crippen molar-refractivity contribution >= 4 is 5.91 Å². The lowest BCUT2D eigenvalue weighted by Gasteiger charge is -2.37. The fraction of sp³-hybridized carbons (Fsp3) is 0.625. The Bertz CT molecular complexity index is 1240. The standard InChI is InChI=1S/C32H47N3O9/c1-4-43-32-26(11-8-14-36)27(29-24(2)33(3)35(31(29)38)25-9-6-5-7-10-25)23-28(44-32)30(37)34-12-15-39-17-19-41-21-22-42-20-18-40-16-13-34/h5-7,9-10,23,26-27,32,36H,4,8,11-22H2,1-3H3/t26-,27+,32-/m0/s1. The van der Waals surface area contributed by atoms with Gasteiger partial charge in [0.05, 0.1) is 58.5 Å². The summed E-state index contributed by atoms with van der Waals surface area (Å²) in [4.78, 5) is 29.8. The number of ether oxygens (including phenoxy) is 6. The Morgan fingerprint density at radius 3 is 2.11 bits per heavy atom. The van der Waals surface area contributed by atoms with Crippen LogP contribution in [-0.2, 0) is 40.3 Å². The van der Waals surface area contributed by atoms with Gasteiger partial charge in [-0.15, -0.1) is 0 Å². The number of aliphatic hydroxyl groups excluding tert-OH is 1. The van der Waals surface area contributed by atoms with E-state index >= 15 is 0 Å². The maximum absolute atomic E-state index is 14.1. The fourth-order valence-electron chi connectivity index (χ4n) is 5.65. The zero-order chi connectivity index (χ0) is 31.3. The van der Waals surface area contributed by atoms with Crippen molar-refractivity contribution in [1.29, 1.82) is 0 Å². The number of carbonyl (C=O) groups excluding carboxylic acids is 1. The van der Waals surface area contributed by atoms with Crippen molar-refractivity contribution in [1.82, 2.24) is 14.3 Å². The summed E-state index contributed by atoms with van der Waals surface area (Å²) in [5.74, 6) is -1.00. The van der Waals surface area contributed by atoms with Crippen molar-refractivity contribution in [2.24, 2.45) is 13.0 Å². The first kappa shape index (κ1) is 33.9. The minimum atomic E-state index is -0.782. The number of nitrogens with zero attached hydrogens (tertiary/aromatic N) is 3. The highest BCUT2D eigenvalue weighted by molar-refractivity contribution is 5.91. The number of hydrogen-bond donors (Lipinski definition) is 1. The van der Waals surface area contributed by atoms with Gasteiger partial charge >= 0.3 is 0 Å². The number of hydrogen-bond acceptors (Lipinski definition) is 9. The smallest absolute Gasteiger partial charge is 0.288 e. The largest absolute Gasteiger partial charge is 0.459 e. The number of aliphatic hydroxyl groups is 1. The van der Waals surface area contributed by atoms with Gasteiger partial charge in [-0.25, -0.2) is 4.68 Å². The average molecular weight is 618 g/mol. The first-order valence-corrected chi connectivity index (χ1v) is 15.5. The second-order valence-electron chi connectivity index (χ2n) is 10.7. The molecule has 3 atom stereocenters. The lowest BCUT2D eigenvalue weighted by atomic mass is 9.80. The molecular weight excluding hydrogens is 570 g/mol. The second-order valence-corrected chi connectivity index (χ2v) is 10.7. The molecule has 1 fully saturated rings. The van der Waals surface area contributed by atoms with Crippen LogP contribution in [0.5, 0.6) is 0 Å². The molecule has 12 heteroatoms. The lowest BCUT2D eigenvalue weighted by Crippen LogP contribution is -2.43. The number of carbonyl (C=O) groups is 1. The molecule has 0 radical (unpaired) electrons. The number of rotatable bonds is 8. The van der Waals surface area contributed by atoms with E-state index in [-0.39, 0.29) is 29.8 Å². The summed E-state index contributed by atoms with van der Waals surface area (Å²) in [6.45, 7) is 8.04. The Hall–Kier alpha value is -3.00. The highest BCUT2D eigenvalue weighted by Gasteiger charge is 2.41. The van der Waals surface area contributed by atoms with Gasteiger partial charge in [-0.1, -0.05) is 18.2 Å². The van der Waals surface area contributed by atoms with Crippen molar-refractivity contribution in [3.05, 3.63) is 63.8 Å². The van der Waals surface area contributed by atoms with Crippen LogP contribution >= 0.6 is 0 Å². The Labute approximate surface area is 259 Å². The molecule has 0 aliphatic carbocycles. The summed E-state index contributed by atoms with van der Waals surface area (Å²) < 4.78 is 38.2. The maximum Gasteiger partial charge on any atom is 0.288 e. The molecule has 0 unspecified atom stereocenters. The van der Waals surface area contributed by atoms with Crippen LogP contribution < -0.4 is 5.56 Å². The normalized spacial score (nSPS) is 22.9. The van der Waals surface area contributed by atoms with E-state index in [1.54, 1.807) is 15.7 Å². The molecule has 1 saturated heterocycles. The SMILES string of the molecule is CCO[C@H]1OC(C(=O)N2CCOCCOCCOCCOCC2)=C[C@@H](c2c(C)n(C)n(-c3ccccc3)c2=O)[C@@H]1CCCO. The summed E-state index contributed by atoms with van der Waals surface area (Å²) in [5.41, 5.74) is 1.92. The van der Waals surface area contributed by atoms with Gasteiger partial charge in [0.25, 0.3) is 11.5 Å². The first-order valence-electron chi connectivity index (χ1n) is 15.5. The van der Waals surface area contributed by atoms with Gasteiger partial charge < -0.3 is 38.4 Å². The van der Waals surface area contributed by atoms with Crippen LogP contribution in [0.15, 0.2) is 47.0 Å². The van der Waals surface area contributed by atoms with Crippen LogP contribution in [0.25, 0.3) is 5.69 Å². The predicted molar refractivity (Wildman–Crippen MR) is 163 cm³/mol. The fourth-order valence-corrected chi connectivity index (χ4v) is 5.65. The minimum absolute atomic E-state index is 0.0105. The summed E-state index contributed by atoms with van der Waals surface area (Å²) in [5, 5.41) is 9.70. The van der Waals surface area contributed by atoms with Crippen LogP contribution in [-0.4, -0.2) is 111 Å². The molecule has 1 amide bonds. The van der Waals surface area contributed by atoms with Gasteiger partial charge in [0.15, 0.2) is 5.76 Å². The average Bonchev–Trinajstić information content (AvgIpc) is 3.24. The summed E-state index contributed by atoms with van der Waals surface area (Å²) in [7, 11) is 1.85. The molecule has 12 nitrogen and oxygen atoms in total. The van der Waals surface area contributed by atoms with E-state index in [9.17, 15) is 14.7 Å².